The third-order valence-corrected chi connectivity index (χ3v) is 4.98. The molecule has 1 unspecified atom stereocenters. The van der Waals surface area contributed by atoms with Gasteiger partial charge >= 0.3 is 0 Å². The Bertz CT molecular complexity index is 786. The van der Waals surface area contributed by atoms with Crippen LogP contribution in [-0.2, 0) is 6.54 Å². The predicted molar refractivity (Wildman–Crippen MR) is 108 cm³/mol. The molecule has 0 amide bonds. The minimum Gasteiger partial charge on any atom is -0.314 e. The van der Waals surface area contributed by atoms with Gasteiger partial charge in [-0.2, -0.15) is 0 Å². The highest BCUT2D eigenvalue weighted by molar-refractivity contribution is 7.13. The van der Waals surface area contributed by atoms with Crippen LogP contribution < -0.4 is 5.32 Å². The number of nitrogens with one attached hydrogen (secondary N) is 1. The van der Waals surface area contributed by atoms with Crippen LogP contribution in [0.1, 0.15) is 17.3 Å². The molecular formula is C17H20Cl2N6S. The molecular weight excluding hydrogens is 391 g/mol. The lowest BCUT2D eigenvalue weighted by Crippen LogP contribution is -2.45. The zero-order chi connectivity index (χ0) is 16.2. The van der Waals surface area contributed by atoms with Gasteiger partial charge in [-0.3, -0.25) is 9.88 Å². The minimum atomic E-state index is 0. The molecule has 1 atom stereocenters. The Balaban J connectivity index is 0.00000121. The minimum absolute atomic E-state index is 0. The number of thiazole rings is 1. The summed E-state index contributed by atoms with van der Waals surface area (Å²) < 4.78 is 0. The van der Waals surface area contributed by atoms with E-state index < -0.39 is 0 Å². The van der Waals surface area contributed by atoms with E-state index in [9.17, 15) is 0 Å². The number of hydrogen-bond acceptors (Lipinski definition) is 7. The summed E-state index contributed by atoms with van der Waals surface area (Å²) in [5.41, 5.74) is 2.31. The van der Waals surface area contributed by atoms with Crippen LogP contribution in [-0.4, -0.2) is 44.5 Å². The number of pyridine rings is 1. The largest absolute Gasteiger partial charge is 0.314 e. The molecule has 1 aliphatic rings. The van der Waals surface area contributed by atoms with E-state index in [0.717, 1.165) is 36.9 Å². The fraction of sp³-hybridized carbons (Fsp3) is 0.294. The van der Waals surface area contributed by atoms with Crippen molar-refractivity contribution in [1.29, 1.82) is 0 Å². The Labute approximate surface area is 168 Å². The smallest absolute Gasteiger partial charge is 0.188 e. The van der Waals surface area contributed by atoms with Gasteiger partial charge in [-0.25, -0.2) is 15.0 Å². The molecule has 6 nitrogen and oxygen atoms in total. The molecule has 0 spiro atoms. The van der Waals surface area contributed by atoms with Crippen LogP contribution >= 0.6 is 36.2 Å². The second-order valence-corrected chi connectivity index (χ2v) is 6.55. The maximum atomic E-state index is 4.72. The molecule has 1 saturated heterocycles. The topological polar surface area (TPSA) is 66.8 Å². The summed E-state index contributed by atoms with van der Waals surface area (Å²) in [5.74, 6) is 0.692. The molecule has 3 aromatic heterocycles. The van der Waals surface area contributed by atoms with E-state index in [0.29, 0.717) is 11.9 Å². The highest BCUT2D eigenvalue weighted by Crippen LogP contribution is 2.25. The van der Waals surface area contributed by atoms with E-state index in [2.05, 4.69) is 36.6 Å². The van der Waals surface area contributed by atoms with E-state index in [1.807, 2.05) is 24.5 Å². The van der Waals surface area contributed by atoms with E-state index in [4.69, 9.17) is 4.98 Å². The average molecular weight is 411 g/mol. The molecule has 1 aliphatic heterocycles. The highest BCUT2D eigenvalue weighted by atomic mass is 35.5. The second-order valence-electron chi connectivity index (χ2n) is 5.69. The van der Waals surface area contributed by atoms with Crippen LogP contribution in [0.15, 0.2) is 48.4 Å². The van der Waals surface area contributed by atoms with Gasteiger partial charge in [0.05, 0.1) is 5.69 Å². The zero-order valence-electron chi connectivity index (χ0n) is 14.0. The Hall–Kier alpha value is -1.64. The molecule has 4 heterocycles. The van der Waals surface area contributed by atoms with Crippen molar-refractivity contribution >= 4 is 36.2 Å². The molecule has 138 valence electrons. The van der Waals surface area contributed by atoms with E-state index in [1.165, 1.54) is 5.56 Å². The van der Waals surface area contributed by atoms with Gasteiger partial charge in [-0.1, -0.05) is 6.07 Å². The predicted octanol–water partition coefficient (Wildman–Crippen LogP) is 2.99. The molecule has 0 saturated carbocycles. The molecule has 0 aromatic carbocycles. The molecule has 3 aromatic rings. The Morgan fingerprint density at radius 3 is 2.77 bits per heavy atom. The van der Waals surface area contributed by atoms with Crippen molar-refractivity contribution in [3.05, 3.63) is 59.6 Å². The second kappa shape index (κ2) is 9.89. The number of piperazine rings is 1. The lowest BCUT2D eigenvalue weighted by atomic mass is 10.1. The summed E-state index contributed by atoms with van der Waals surface area (Å²) in [6, 6.07) is 6.28. The molecule has 0 bridgehead atoms. The molecule has 0 aliphatic carbocycles. The first kappa shape index (κ1) is 20.7. The number of hydrogen-bond donors (Lipinski definition) is 1. The standard InChI is InChI=1S/C17H18N6S.2ClH/c1-3-13(9-18-4-1)15-10-19-7-8-23(15)11-14-12-24-17(22-14)16-20-5-2-6-21-16;;/h1-6,9,12,15,19H,7-8,10-11H2;2*1H. The summed E-state index contributed by atoms with van der Waals surface area (Å²) in [7, 11) is 0. The van der Waals surface area contributed by atoms with Gasteiger partial charge in [-0.15, -0.1) is 36.2 Å². The average Bonchev–Trinajstić information content (AvgIpc) is 3.12. The third-order valence-electron chi connectivity index (χ3n) is 4.10. The lowest BCUT2D eigenvalue weighted by molar-refractivity contribution is 0.152. The number of rotatable bonds is 4. The Kier molecular flexibility index (Phi) is 7.86. The molecule has 1 fully saturated rings. The van der Waals surface area contributed by atoms with Gasteiger partial charge in [0.25, 0.3) is 0 Å². The zero-order valence-corrected chi connectivity index (χ0v) is 16.4. The summed E-state index contributed by atoms with van der Waals surface area (Å²) in [4.78, 5) is 20.0. The highest BCUT2D eigenvalue weighted by Gasteiger charge is 2.24. The summed E-state index contributed by atoms with van der Waals surface area (Å²) in [5, 5.41) is 6.45. The van der Waals surface area contributed by atoms with Crippen LogP contribution in [0.3, 0.4) is 0 Å². The Morgan fingerprint density at radius 1 is 1.15 bits per heavy atom. The number of halogens is 2. The van der Waals surface area contributed by atoms with Gasteiger partial charge < -0.3 is 5.32 Å². The van der Waals surface area contributed by atoms with Crippen LogP contribution in [0.2, 0.25) is 0 Å². The normalized spacial score (nSPS) is 17.2. The molecule has 9 heteroatoms. The van der Waals surface area contributed by atoms with Gasteiger partial charge in [0, 0.05) is 62.4 Å². The first-order valence-corrected chi connectivity index (χ1v) is 8.84. The van der Waals surface area contributed by atoms with E-state index >= 15 is 0 Å². The quantitative estimate of drug-likeness (QED) is 0.712. The maximum absolute atomic E-state index is 4.72. The molecule has 4 rings (SSSR count). The first-order valence-electron chi connectivity index (χ1n) is 7.96. The third kappa shape index (κ3) is 4.75. The van der Waals surface area contributed by atoms with Crippen molar-refractivity contribution in [2.75, 3.05) is 19.6 Å². The number of nitrogens with zero attached hydrogens (tertiary/aromatic N) is 5. The summed E-state index contributed by atoms with van der Waals surface area (Å²) in [6.45, 7) is 3.75. The molecule has 26 heavy (non-hydrogen) atoms. The molecule has 1 N–H and O–H groups in total. The van der Waals surface area contributed by atoms with Crippen LogP contribution in [0, 0.1) is 0 Å². The first-order chi connectivity index (χ1) is 11.9. The van der Waals surface area contributed by atoms with Gasteiger partial charge in [0.15, 0.2) is 10.8 Å². The van der Waals surface area contributed by atoms with Crippen molar-refractivity contribution in [3.63, 3.8) is 0 Å². The number of aromatic nitrogens is 4. The Morgan fingerprint density at radius 2 is 2.00 bits per heavy atom. The van der Waals surface area contributed by atoms with Gasteiger partial charge in [0.1, 0.15) is 0 Å². The van der Waals surface area contributed by atoms with Gasteiger partial charge in [-0.05, 0) is 17.7 Å². The fourth-order valence-electron chi connectivity index (χ4n) is 2.94. The van der Waals surface area contributed by atoms with Crippen molar-refractivity contribution in [2.24, 2.45) is 0 Å². The summed E-state index contributed by atoms with van der Waals surface area (Å²) >= 11 is 1.60. The fourth-order valence-corrected chi connectivity index (χ4v) is 3.69. The van der Waals surface area contributed by atoms with Crippen molar-refractivity contribution in [3.8, 4) is 10.8 Å². The van der Waals surface area contributed by atoms with Crippen molar-refractivity contribution in [1.82, 2.24) is 30.2 Å². The van der Waals surface area contributed by atoms with Gasteiger partial charge in [0.2, 0.25) is 0 Å². The van der Waals surface area contributed by atoms with Crippen molar-refractivity contribution < 1.29 is 0 Å². The monoisotopic (exact) mass is 410 g/mol. The summed E-state index contributed by atoms with van der Waals surface area (Å²) in [6.07, 6.45) is 7.27. The van der Waals surface area contributed by atoms with E-state index in [-0.39, 0.29) is 24.8 Å². The lowest BCUT2D eigenvalue weighted by Gasteiger charge is -2.35. The van der Waals surface area contributed by atoms with Crippen molar-refractivity contribution in [2.45, 2.75) is 12.6 Å². The maximum Gasteiger partial charge on any atom is 0.188 e. The van der Waals surface area contributed by atoms with Crippen LogP contribution in [0.4, 0.5) is 0 Å². The van der Waals surface area contributed by atoms with Crippen LogP contribution in [0.5, 0.6) is 0 Å². The van der Waals surface area contributed by atoms with Crippen LogP contribution in [0.25, 0.3) is 10.8 Å². The SMILES string of the molecule is Cl.Cl.c1cnc(-c2nc(CN3CCNCC3c3cccnc3)cs2)nc1. The molecule has 0 radical (unpaired) electrons. The van der Waals surface area contributed by atoms with E-state index in [1.54, 1.807) is 23.7 Å².